The molecule has 1 unspecified atom stereocenters. The average Bonchev–Trinajstić information content (AvgIpc) is 2.94. The van der Waals surface area contributed by atoms with Gasteiger partial charge in [0.05, 0.1) is 25.7 Å². The average molecular weight is 338 g/mol. The lowest BCUT2D eigenvalue weighted by molar-refractivity contribution is -0.278. The zero-order valence-corrected chi connectivity index (χ0v) is 14.3. The zero-order chi connectivity index (χ0) is 17.4. The van der Waals surface area contributed by atoms with Crippen LogP contribution in [0.1, 0.15) is 40.7 Å². The van der Waals surface area contributed by atoms with Crippen molar-refractivity contribution >= 4 is 5.78 Å². The van der Waals surface area contributed by atoms with E-state index in [2.05, 4.69) is 49.4 Å². The van der Waals surface area contributed by atoms with Crippen LogP contribution in [0.15, 0.2) is 42.5 Å². The van der Waals surface area contributed by atoms with E-state index in [-0.39, 0.29) is 25.2 Å². The Labute approximate surface area is 147 Å². The molecule has 2 aromatic rings. The third-order valence-electron chi connectivity index (χ3n) is 5.02. The number of ether oxygens (including phenoxy) is 2. The molecule has 2 atom stereocenters. The van der Waals surface area contributed by atoms with Gasteiger partial charge in [-0.25, -0.2) is 0 Å². The normalized spacial score (nSPS) is 25.4. The molecular weight excluding hydrogens is 316 g/mol. The van der Waals surface area contributed by atoms with Crippen molar-refractivity contribution in [1.29, 1.82) is 0 Å². The molecule has 0 aromatic heterocycles. The monoisotopic (exact) mass is 338 g/mol. The highest BCUT2D eigenvalue weighted by molar-refractivity contribution is 5.81. The number of benzene rings is 2. The summed E-state index contributed by atoms with van der Waals surface area (Å²) >= 11 is 0. The lowest BCUT2D eigenvalue weighted by Gasteiger charge is -2.37. The molecule has 1 N–H and O–H groups in total. The summed E-state index contributed by atoms with van der Waals surface area (Å²) in [5.41, 5.74) is 5.64. The maximum atomic E-state index is 12.1. The van der Waals surface area contributed by atoms with Crippen molar-refractivity contribution in [3.05, 3.63) is 70.3 Å². The van der Waals surface area contributed by atoms with Crippen molar-refractivity contribution in [2.45, 2.75) is 44.7 Å². The molecule has 2 aliphatic heterocycles. The van der Waals surface area contributed by atoms with Gasteiger partial charge in [0.1, 0.15) is 5.78 Å². The van der Waals surface area contributed by atoms with Crippen LogP contribution in [-0.4, -0.2) is 23.6 Å². The summed E-state index contributed by atoms with van der Waals surface area (Å²) in [4.78, 5) is 12.1. The largest absolute Gasteiger partial charge is 0.394 e. The second kappa shape index (κ2) is 6.37. The van der Waals surface area contributed by atoms with Gasteiger partial charge >= 0.3 is 0 Å². The number of hydrogen-bond acceptors (Lipinski definition) is 4. The summed E-state index contributed by atoms with van der Waals surface area (Å²) in [5, 5.41) is 9.44. The Morgan fingerprint density at radius 1 is 1.16 bits per heavy atom. The van der Waals surface area contributed by atoms with Gasteiger partial charge in [-0.3, -0.25) is 4.79 Å². The number of fused-ring (bicyclic) bond motifs is 2. The Hall–Kier alpha value is -2.01. The van der Waals surface area contributed by atoms with E-state index in [9.17, 15) is 9.90 Å². The van der Waals surface area contributed by atoms with Crippen molar-refractivity contribution in [2.24, 2.45) is 0 Å². The SMILES string of the molecule is Cc1ccc(Cc2ccc3c(c2)C2(CC(=O)C[C@@H](CO)O2)OC3)cc1. The minimum absolute atomic E-state index is 0.0714. The lowest BCUT2D eigenvalue weighted by Crippen LogP contribution is -2.43. The van der Waals surface area contributed by atoms with Crippen LogP contribution in [0.2, 0.25) is 0 Å². The second-order valence-electron chi connectivity index (χ2n) is 7.04. The molecule has 4 rings (SSSR count). The molecule has 0 aliphatic carbocycles. The van der Waals surface area contributed by atoms with Crippen molar-refractivity contribution in [2.75, 3.05) is 6.61 Å². The van der Waals surface area contributed by atoms with Gasteiger partial charge < -0.3 is 14.6 Å². The van der Waals surface area contributed by atoms with Crippen molar-refractivity contribution in [3.63, 3.8) is 0 Å². The van der Waals surface area contributed by atoms with Gasteiger partial charge in [-0.1, -0.05) is 42.0 Å². The number of aryl methyl sites for hydroxylation is 1. The van der Waals surface area contributed by atoms with Crippen molar-refractivity contribution in [1.82, 2.24) is 0 Å². The van der Waals surface area contributed by atoms with E-state index < -0.39 is 11.9 Å². The minimum Gasteiger partial charge on any atom is -0.394 e. The third-order valence-corrected chi connectivity index (χ3v) is 5.02. The smallest absolute Gasteiger partial charge is 0.202 e. The van der Waals surface area contributed by atoms with Crippen LogP contribution in [0.3, 0.4) is 0 Å². The van der Waals surface area contributed by atoms with Gasteiger partial charge in [0.15, 0.2) is 0 Å². The number of carbonyl (C=O) groups is 1. The lowest BCUT2D eigenvalue weighted by atomic mass is 9.90. The van der Waals surface area contributed by atoms with Crippen LogP contribution in [-0.2, 0) is 33.1 Å². The van der Waals surface area contributed by atoms with E-state index in [4.69, 9.17) is 9.47 Å². The highest BCUT2D eigenvalue weighted by Gasteiger charge is 2.48. The molecule has 0 saturated carbocycles. The van der Waals surface area contributed by atoms with E-state index in [0.717, 1.165) is 23.1 Å². The number of aliphatic hydroxyl groups excluding tert-OH is 1. The molecule has 1 fully saturated rings. The van der Waals surface area contributed by atoms with Gasteiger partial charge in [-0.15, -0.1) is 0 Å². The second-order valence-corrected chi connectivity index (χ2v) is 7.04. The number of rotatable bonds is 3. The first-order chi connectivity index (χ1) is 12.1. The summed E-state index contributed by atoms with van der Waals surface area (Å²) in [7, 11) is 0. The molecule has 0 amide bonds. The maximum Gasteiger partial charge on any atom is 0.202 e. The Morgan fingerprint density at radius 3 is 2.68 bits per heavy atom. The molecule has 0 bridgehead atoms. The van der Waals surface area contributed by atoms with Gasteiger partial charge in [-0.05, 0) is 36.1 Å². The van der Waals surface area contributed by atoms with E-state index in [1.807, 2.05) is 0 Å². The number of hydrogen-bond donors (Lipinski definition) is 1. The predicted molar refractivity (Wildman–Crippen MR) is 93.1 cm³/mol. The molecule has 4 nitrogen and oxygen atoms in total. The van der Waals surface area contributed by atoms with E-state index >= 15 is 0 Å². The first-order valence-electron chi connectivity index (χ1n) is 8.70. The van der Waals surface area contributed by atoms with E-state index in [0.29, 0.717) is 6.61 Å². The predicted octanol–water partition coefficient (Wildman–Crippen LogP) is 3.01. The molecule has 0 radical (unpaired) electrons. The molecule has 130 valence electrons. The maximum absolute atomic E-state index is 12.1. The quantitative estimate of drug-likeness (QED) is 0.935. The minimum atomic E-state index is -1.03. The van der Waals surface area contributed by atoms with Crippen LogP contribution >= 0.6 is 0 Å². The molecule has 1 spiro atoms. The summed E-state index contributed by atoms with van der Waals surface area (Å²) in [5.74, 6) is -0.955. The van der Waals surface area contributed by atoms with Gasteiger partial charge in [-0.2, -0.15) is 0 Å². The topological polar surface area (TPSA) is 55.8 Å². The zero-order valence-electron chi connectivity index (χ0n) is 14.3. The summed E-state index contributed by atoms with van der Waals surface area (Å²) in [6.45, 7) is 2.34. The molecular formula is C21H22O4. The summed E-state index contributed by atoms with van der Waals surface area (Å²) in [6.07, 6.45) is 0.791. The Morgan fingerprint density at radius 2 is 1.92 bits per heavy atom. The highest BCUT2D eigenvalue weighted by Crippen LogP contribution is 2.44. The standard InChI is InChI=1S/C21H22O4/c1-14-2-4-15(5-3-14)8-16-6-7-17-13-24-21(20(17)9-16)11-18(23)10-19(12-22)25-21/h2-7,9,19,22H,8,10-13H2,1H3/t19-,21?/m0/s1. The van der Waals surface area contributed by atoms with Crippen molar-refractivity contribution in [3.8, 4) is 0 Å². The summed E-state index contributed by atoms with van der Waals surface area (Å²) < 4.78 is 11.9. The fourth-order valence-corrected chi connectivity index (χ4v) is 3.71. The van der Waals surface area contributed by atoms with E-state index in [1.54, 1.807) is 0 Å². The molecule has 2 aliphatic rings. The highest BCUT2D eigenvalue weighted by atomic mass is 16.7. The van der Waals surface area contributed by atoms with Crippen LogP contribution < -0.4 is 0 Å². The summed E-state index contributed by atoms with van der Waals surface area (Å²) in [6, 6.07) is 14.8. The van der Waals surface area contributed by atoms with Crippen LogP contribution in [0.4, 0.5) is 0 Å². The molecule has 25 heavy (non-hydrogen) atoms. The van der Waals surface area contributed by atoms with Gasteiger partial charge in [0.25, 0.3) is 0 Å². The number of carbonyl (C=O) groups excluding carboxylic acids is 1. The first kappa shape index (κ1) is 16.5. The fourth-order valence-electron chi connectivity index (χ4n) is 3.71. The van der Waals surface area contributed by atoms with Gasteiger partial charge in [0.2, 0.25) is 5.79 Å². The van der Waals surface area contributed by atoms with Crippen LogP contribution in [0.5, 0.6) is 0 Å². The van der Waals surface area contributed by atoms with E-state index in [1.165, 1.54) is 11.1 Å². The van der Waals surface area contributed by atoms with Crippen LogP contribution in [0.25, 0.3) is 0 Å². The molecule has 2 heterocycles. The Bertz CT molecular complexity index is 796. The third kappa shape index (κ3) is 3.13. The number of Topliss-reactive ketones (excluding diaryl/α,β-unsaturated/α-hetero) is 1. The van der Waals surface area contributed by atoms with Crippen molar-refractivity contribution < 1.29 is 19.4 Å². The number of ketones is 1. The van der Waals surface area contributed by atoms with Crippen LogP contribution in [0, 0.1) is 6.92 Å². The molecule has 2 aromatic carbocycles. The fraction of sp³-hybridized carbons (Fsp3) is 0.381. The first-order valence-corrected chi connectivity index (χ1v) is 8.70. The number of aliphatic hydroxyl groups is 1. The van der Waals surface area contributed by atoms with Gasteiger partial charge in [0, 0.05) is 12.0 Å². The molecule has 4 heteroatoms. The Balaban J connectivity index is 1.65. The Kier molecular flexibility index (Phi) is 4.20. The molecule has 1 saturated heterocycles.